The highest BCUT2D eigenvalue weighted by Gasteiger charge is 2.54. The van der Waals surface area contributed by atoms with Crippen molar-refractivity contribution in [2.45, 2.75) is 56.3 Å². The van der Waals surface area contributed by atoms with E-state index in [1.165, 1.54) is 216 Å². The van der Waals surface area contributed by atoms with E-state index in [2.05, 4.69) is 502 Å². The molecule has 0 unspecified atom stereocenters. The number of hydrogen-bond acceptors (Lipinski definition) is 0. The van der Waals surface area contributed by atoms with Crippen molar-refractivity contribution >= 4 is 21.5 Å². The van der Waals surface area contributed by atoms with Gasteiger partial charge in [-0.1, -0.05) is 489 Å². The molecule has 592 valence electrons. The topological polar surface area (TPSA) is 0 Å². The summed E-state index contributed by atoms with van der Waals surface area (Å²) in [6.45, 7) is 10.9. The Labute approximate surface area is 734 Å². The Bertz CT molecular complexity index is 7130. The van der Waals surface area contributed by atoms with E-state index >= 15 is 0 Å². The van der Waals surface area contributed by atoms with E-state index in [-0.39, 0.29) is 21.7 Å². The molecule has 0 aromatic heterocycles. The molecule has 0 heterocycles. The Balaban J connectivity index is 0.0000000929. The standard InChI is InChI=1S/2C26H18.2C26H20.C21H16/c1-17-14-15-25-21(16-17)20-10-4-7-13-24(20)26(25)22-11-5-2-8-18(22)19-9-3-6-12-23(19)26;1-17-14-15-21-20-10-4-7-13-24(20)26(25(21)16-17)22-11-5-2-8-18(22)19-9-3-6-12-23(19)26;1-19-16-17-23-22-14-8-9-15-24(22)26(25(23)18-19,20-10-4-2-5-11-20)21-12-6-3-7-13-21;1-19-15-17-21(18-16-19)26(20-9-3-2-4-10-20)24-13-7-5-11-22(24)23-12-6-8-14-25(23)26;1-15-17-11-5-7-13-19(17)21(16-9-3-2-4-10-16)20-14-8-6-12-18(15)20/h2*2-16H,1H3;2*2-18H,1H3;2-14H,1H3. The molecule has 26 rings (SSSR count). The largest absolute Gasteiger partial charge is 0.0725 e. The zero-order chi connectivity index (χ0) is 84.0. The summed E-state index contributed by atoms with van der Waals surface area (Å²) in [7, 11) is 0. The van der Waals surface area contributed by atoms with E-state index in [9.17, 15) is 0 Å². The molecule has 0 bridgehead atoms. The van der Waals surface area contributed by atoms with E-state index in [4.69, 9.17) is 0 Å². The number of fused-ring (bicyclic) bond motifs is 28. The molecule has 125 heavy (non-hydrogen) atoms. The van der Waals surface area contributed by atoms with Crippen LogP contribution in [0.25, 0.3) is 99.4 Å². The lowest BCUT2D eigenvalue weighted by Crippen LogP contribution is -2.28. The second-order valence-electron chi connectivity index (χ2n) is 34.5. The first kappa shape index (κ1) is 76.1. The summed E-state index contributed by atoms with van der Waals surface area (Å²) in [5.74, 6) is 0. The third-order valence-electron chi connectivity index (χ3n) is 27.8. The number of aryl methyl sites for hydroxylation is 5. The lowest BCUT2D eigenvalue weighted by Gasteiger charge is -2.34. The third-order valence-corrected chi connectivity index (χ3v) is 27.8. The lowest BCUT2D eigenvalue weighted by molar-refractivity contribution is 0.767. The molecule has 6 aliphatic carbocycles. The first-order chi connectivity index (χ1) is 61.6. The van der Waals surface area contributed by atoms with Crippen LogP contribution < -0.4 is 0 Å². The van der Waals surface area contributed by atoms with Crippen LogP contribution in [-0.2, 0) is 21.7 Å². The summed E-state index contributed by atoms with van der Waals surface area (Å²) in [5.41, 5.74) is 46.8. The van der Waals surface area contributed by atoms with Crippen molar-refractivity contribution in [3.8, 4) is 77.9 Å². The van der Waals surface area contributed by atoms with Crippen LogP contribution in [-0.4, -0.2) is 0 Å². The maximum atomic E-state index is 2.40. The minimum absolute atomic E-state index is 0.188. The van der Waals surface area contributed by atoms with Crippen LogP contribution in [0.2, 0.25) is 0 Å². The Morgan fingerprint density at radius 3 is 0.696 bits per heavy atom. The lowest BCUT2D eigenvalue weighted by atomic mass is 9.67. The van der Waals surface area contributed by atoms with E-state index in [0.717, 1.165) is 0 Å². The second-order valence-corrected chi connectivity index (χ2v) is 34.5. The molecule has 0 saturated heterocycles. The Kier molecular flexibility index (Phi) is 18.8. The molecular weight excluding hydrogens is 1500 g/mol. The van der Waals surface area contributed by atoms with Crippen molar-refractivity contribution in [3.63, 3.8) is 0 Å². The summed E-state index contributed by atoms with van der Waals surface area (Å²) in [6, 6.07) is 171. The molecule has 0 saturated carbocycles. The Morgan fingerprint density at radius 1 is 0.136 bits per heavy atom. The molecule has 0 nitrogen and oxygen atoms in total. The smallest absolute Gasteiger partial charge is 0.0622 e. The van der Waals surface area contributed by atoms with E-state index in [1.54, 1.807) is 0 Å². The van der Waals surface area contributed by atoms with Gasteiger partial charge < -0.3 is 0 Å². The predicted octanol–water partition coefficient (Wildman–Crippen LogP) is 31.4. The van der Waals surface area contributed by atoms with Gasteiger partial charge in [0.1, 0.15) is 0 Å². The van der Waals surface area contributed by atoms with Crippen molar-refractivity contribution in [1.29, 1.82) is 0 Å². The first-order valence-electron chi connectivity index (χ1n) is 44.0. The highest BCUT2D eigenvalue weighted by molar-refractivity contribution is 6.15. The molecular formula is C125H92. The summed E-state index contributed by atoms with van der Waals surface area (Å²) < 4.78 is 0. The molecule has 20 aromatic rings. The number of hydrogen-bond donors (Lipinski definition) is 0. The van der Waals surface area contributed by atoms with Crippen LogP contribution in [0, 0.1) is 34.6 Å². The van der Waals surface area contributed by atoms with E-state index in [1.807, 2.05) is 0 Å². The van der Waals surface area contributed by atoms with Gasteiger partial charge in [0.05, 0.1) is 21.7 Å². The van der Waals surface area contributed by atoms with Gasteiger partial charge in [0.2, 0.25) is 0 Å². The van der Waals surface area contributed by atoms with Gasteiger partial charge >= 0.3 is 0 Å². The average molecular weight is 1590 g/mol. The van der Waals surface area contributed by atoms with Crippen molar-refractivity contribution in [2.24, 2.45) is 0 Å². The molecule has 0 heteroatoms. The number of benzene rings is 20. The van der Waals surface area contributed by atoms with Crippen molar-refractivity contribution in [2.75, 3.05) is 0 Å². The molecule has 20 aromatic carbocycles. The fourth-order valence-corrected chi connectivity index (χ4v) is 22.8. The molecule has 0 fully saturated rings. The van der Waals surface area contributed by atoms with Gasteiger partial charge in [-0.05, 0) is 229 Å². The Morgan fingerprint density at radius 2 is 0.352 bits per heavy atom. The Hall–Kier alpha value is -15.1. The fourth-order valence-electron chi connectivity index (χ4n) is 22.8. The maximum Gasteiger partial charge on any atom is 0.0725 e. The normalized spacial score (nSPS) is 13.7. The van der Waals surface area contributed by atoms with E-state index in [0.29, 0.717) is 0 Å². The SMILES string of the molecule is Cc1c2ccccc2c(-c2ccccc2)c2ccccc12.Cc1ccc(C2(c3ccccc3)c3ccccc3-c3ccccc32)cc1.Cc1ccc2c(c1)-c1ccccc1C21c2ccccc2-c2ccccc21.Cc1ccc2c(c1)C(c1ccccc1)(c1ccccc1)c1ccccc1-2.Cc1ccc2c(c1)C1(c3ccccc3-c3ccccc31)c1ccccc1-2. The van der Waals surface area contributed by atoms with Crippen LogP contribution in [0.4, 0.5) is 0 Å². The molecule has 0 atom stereocenters. The molecule has 0 radical (unpaired) electrons. The minimum atomic E-state index is -0.263. The average Bonchev–Trinajstić information content (AvgIpc) is 1.52. The fraction of sp³-hybridized carbons (Fsp3) is 0.0720. The van der Waals surface area contributed by atoms with Crippen LogP contribution >= 0.6 is 0 Å². The van der Waals surface area contributed by atoms with Gasteiger partial charge in [-0.2, -0.15) is 0 Å². The molecule has 2 spiro atoms. The third kappa shape index (κ3) is 11.7. The van der Waals surface area contributed by atoms with Gasteiger partial charge in [-0.25, -0.2) is 0 Å². The maximum absolute atomic E-state index is 2.40. The molecule has 0 aliphatic heterocycles. The van der Waals surface area contributed by atoms with Crippen LogP contribution in [0.3, 0.4) is 0 Å². The van der Waals surface area contributed by atoms with Crippen LogP contribution in [0.5, 0.6) is 0 Å². The van der Waals surface area contributed by atoms with Crippen LogP contribution in [0.1, 0.15) is 117 Å². The zero-order valence-corrected chi connectivity index (χ0v) is 71.0. The summed E-state index contributed by atoms with van der Waals surface area (Å²) in [6.07, 6.45) is 0. The second kappa shape index (κ2) is 30.8. The highest BCUT2D eigenvalue weighted by Crippen LogP contribution is 2.66. The zero-order valence-electron chi connectivity index (χ0n) is 71.0. The van der Waals surface area contributed by atoms with Gasteiger partial charge in [-0.15, -0.1) is 0 Å². The van der Waals surface area contributed by atoms with E-state index < -0.39 is 0 Å². The predicted molar refractivity (Wildman–Crippen MR) is 524 cm³/mol. The quantitative estimate of drug-likeness (QED) is 0.151. The van der Waals surface area contributed by atoms with Crippen molar-refractivity contribution in [3.05, 3.63) is 584 Å². The van der Waals surface area contributed by atoms with Gasteiger partial charge in [0.25, 0.3) is 0 Å². The van der Waals surface area contributed by atoms with Gasteiger partial charge in [0, 0.05) is 0 Å². The monoisotopic (exact) mass is 1590 g/mol. The molecule has 0 amide bonds. The van der Waals surface area contributed by atoms with Gasteiger partial charge in [-0.3, -0.25) is 0 Å². The first-order valence-corrected chi connectivity index (χ1v) is 44.0. The minimum Gasteiger partial charge on any atom is -0.0622 e. The molecule has 6 aliphatic rings. The summed E-state index contributed by atoms with van der Waals surface area (Å²) in [4.78, 5) is 0. The van der Waals surface area contributed by atoms with Crippen LogP contribution in [0.15, 0.2) is 467 Å². The summed E-state index contributed by atoms with van der Waals surface area (Å²) in [5, 5.41) is 5.35. The number of rotatable bonds is 5. The van der Waals surface area contributed by atoms with Crippen molar-refractivity contribution in [1.82, 2.24) is 0 Å². The highest BCUT2D eigenvalue weighted by atomic mass is 14.6. The van der Waals surface area contributed by atoms with Crippen molar-refractivity contribution < 1.29 is 0 Å². The van der Waals surface area contributed by atoms with Gasteiger partial charge in [0.15, 0.2) is 0 Å². The molecule has 0 N–H and O–H groups in total. The summed E-state index contributed by atoms with van der Waals surface area (Å²) >= 11 is 0.